The van der Waals surface area contributed by atoms with Gasteiger partial charge in [0.05, 0.1) is 12.1 Å². The highest BCUT2D eigenvalue weighted by molar-refractivity contribution is 5.89. The second kappa shape index (κ2) is 4.20. The third-order valence-electron chi connectivity index (χ3n) is 2.35. The monoisotopic (exact) mass is 234 g/mol. The first-order chi connectivity index (χ1) is 8.09. The van der Waals surface area contributed by atoms with Crippen molar-refractivity contribution in [2.24, 2.45) is 7.05 Å². The molecule has 1 aromatic carbocycles. The van der Waals surface area contributed by atoms with E-state index in [9.17, 15) is 9.59 Å². The van der Waals surface area contributed by atoms with E-state index in [0.717, 1.165) is 9.36 Å². The van der Waals surface area contributed by atoms with Crippen LogP contribution in [0, 0.1) is 0 Å². The van der Waals surface area contributed by atoms with Gasteiger partial charge in [0.1, 0.15) is 0 Å². The van der Waals surface area contributed by atoms with E-state index in [1.165, 1.54) is 13.1 Å². The van der Waals surface area contributed by atoms with Gasteiger partial charge in [0.15, 0.2) is 0 Å². The van der Waals surface area contributed by atoms with Gasteiger partial charge in [0, 0.05) is 7.05 Å². The molecule has 0 aliphatic rings. The van der Waals surface area contributed by atoms with Crippen molar-refractivity contribution in [1.29, 1.82) is 0 Å². The van der Waals surface area contributed by atoms with Gasteiger partial charge in [0.2, 0.25) is 0 Å². The first kappa shape index (κ1) is 11.1. The number of carboxylic acid groups (broad SMARTS) is 1. The number of aromatic carboxylic acids is 1. The SMILES string of the molecule is Cn1nnn(Cc2ccccc2C(=O)O)c1=O. The zero-order chi connectivity index (χ0) is 12.4. The van der Waals surface area contributed by atoms with Gasteiger partial charge in [-0.3, -0.25) is 0 Å². The zero-order valence-electron chi connectivity index (χ0n) is 9.07. The lowest BCUT2D eigenvalue weighted by atomic mass is 10.1. The zero-order valence-corrected chi connectivity index (χ0v) is 9.07. The Balaban J connectivity index is 2.40. The van der Waals surface area contributed by atoms with Crippen molar-refractivity contribution < 1.29 is 9.90 Å². The van der Waals surface area contributed by atoms with Crippen LogP contribution in [-0.4, -0.2) is 30.9 Å². The molecule has 0 saturated heterocycles. The van der Waals surface area contributed by atoms with Crippen LogP contribution in [0.3, 0.4) is 0 Å². The number of hydrogen-bond donors (Lipinski definition) is 1. The standard InChI is InChI=1S/C10H10N4O3/c1-13-10(17)14(12-11-13)6-7-4-2-3-5-8(7)9(15)16/h2-5H,6H2,1H3,(H,15,16). The van der Waals surface area contributed by atoms with Crippen LogP contribution in [-0.2, 0) is 13.6 Å². The van der Waals surface area contributed by atoms with Crippen LogP contribution in [0.15, 0.2) is 29.1 Å². The number of nitrogens with zero attached hydrogens (tertiary/aromatic N) is 4. The van der Waals surface area contributed by atoms with E-state index < -0.39 is 5.97 Å². The lowest BCUT2D eigenvalue weighted by molar-refractivity contribution is 0.0695. The second-order valence-corrected chi connectivity index (χ2v) is 3.51. The largest absolute Gasteiger partial charge is 0.478 e. The molecule has 0 radical (unpaired) electrons. The van der Waals surface area contributed by atoms with Gasteiger partial charge in [-0.25, -0.2) is 9.59 Å². The molecule has 1 heterocycles. The molecule has 17 heavy (non-hydrogen) atoms. The van der Waals surface area contributed by atoms with Crippen LogP contribution >= 0.6 is 0 Å². The van der Waals surface area contributed by atoms with Crippen molar-refractivity contribution in [2.45, 2.75) is 6.54 Å². The topological polar surface area (TPSA) is 90.0 Å². The van der Waals surface area contributed by atoms with Crippen molar-refractivity contribution in [1.82, 2.24) is 19.8 Å². The van der Waals surface area contributed by atoms with Crippen LogP contribution in [0.5, 0.6) is 0 Å². The summed E-state index contributed by atoms with van der Waals surface area (Å²) >= 11 is 0. The first-order valence-corrected chi connectivity index (χ1v) is 4.87. The maximum absolute atomic E-state index is 11.5. The van der Waals surface area contributed by atoms with Gasteiger partial charge < -0.3 is 5.11 Å². The number of benzene rings is 1. The highest BCUT2D eigenvalue weighted by Crippen LogP contribution is 2.09. The Morgan fingerprint density at radius 2 is 2.06 bits per heavy atom. The number of carboxylic acids is 1. The Bertz CT molecular complexity index is 614. The summed E-state index contributed by atoms with van der Waals surface area (Å²) in [5, 5.41) is 16.2. The van der Waals surface area contributed by atoms with E-state index in [-0.39, 0.29) is 17.8 Å². The average molecular weight is 234 g/mol. The van der Waals surface area contributed by atoms with Crippen LogP contribution < -0.4 is 5.69 Å². The van der Waals surface area contributed by atoms with Crippen LogP contribution in [0.1, 0.15) is 15.9 Å². The molecule has 1 aromatic heterocycles. The number of aryl methyl sites for hydroxylation is 1. The molecule has 88 valence electrons. The molecule has 0 bridgehead atoms. The van der Waals surface area contributed by atoms with Crippen LogP contribution in [0.2, 0.25) is 0 Å². The van der Waals surface area contributed by atoms with E-state index in [4.69, 9.17) is 5.11 Å². The molecule has 2 rings (SSSR count). The summed E-state index contributed by atoms with van der Waals surface area (Å²) < 4.78 is 2.20. The van der Waals surface area contributed by atoms with Crippen molar-refractivity contribution in [2.75, 3.05) is 0 Å². The summed E-state index contributed by atoms with van der Waals surface area (Å²) in [5.74, 6) is -1.03. The van der Waals surface area contributed by atoms with E-state index in [0.29, 0.717) is 5.56 Å². The molecule has 0 atom stereocenters. The van der Waals surface area contributed by atoms with Gasteiger partial charge in [-0.15, -0.1) is 0 Å². The van der Waals surface area contributed by atoms with E-state index in [1.807, 2.05) is 0 Å². The minimum Gasteiger partial charge on any atom is -0.478 e. The third-order valence-corrected chi connectivity index (χ3v) is 2.35. The molecule has 7 heteroatoms. The average Bonchev–Trinajstić information content (AvgIpc) is 2.61. The van der Waals surface area contributed by atoms with Crippen molar-refractivity contribution in [3.05, 3.63) is 45.9 Å². The predicted molar refractivity (Wildman–Crippen MR) is 57.8 cm³/mol. The van der Waals surface area contributed by atoms with Gasteiger partial charge >= 0.3 is 11.7 Å². The molecule has 0 saturated carbocycles. The summed E-state index contributed by atoms with van der Waals surface area (Å²) in [4.78, 5) is 22.5. The number of hydrogen-bond acceptors (Lipinski definition) is 4. The minimum atomic E-state index is -1.03. The number of tetrazole rings is 1. The molecule has 2 aromatic rings. The Morgan fingerprint density at radius 3 is 2.65 bits per heavy atom. The number of aromatic nitrogens is 4. The smallest absolute Gasteiger partial charge is 0.363 e. The van der Waals surface area contributed by atoms with Crippen molar-refractivity contribution in [3.8, 4) is 0 Å². The Kier molecular flexibility index (Phi) is 2.73. The minimum absolute atomic E-state index is 0.0924. The molecule has 0 aliphatic heterocycles. The Morgan fingerprint density at radius 1 is 1.35 bits per heavy atom. The van der Waals surface area contributed by atoms with E-state index in [2.05, 4.69) is 10.4 Å². The fraction of sp³-hybridized carbons (Fsp3) is 0.200. The summed E-state index contributed by atoms with van der Waals surface area (Å²) in [5.41, 5.74) is 0.290. The molecule has 0 unspecified atom stereocenters. The van der Waals surface area contributed by atoms with Crippen LogP contribution in [0.25, 0.3) is 0 Å². The third kappa shape index (κ3) is 2.07. The number of rotatable bonds is 3. The van der Waals surface area contributed by atoms with E-state index >= 15 is 0 Å². The molecular weight excluding hydrogens is 224 g/mol. The maximum atomic E-state index is 11.5. The molecule has 7 nitrogen and oxygen atoms in total. The number of carbonyl (C=O) groups is 1. The molecule has 0 amide bonds. The quantitative estimate of drug-likeness (QED) is 0.789. The Hall–Kier alpha value is -2.44. The molecule has 0 fully saturated rings. The van der Waals surface area contributed by atoms with Gasteiger partial charge in [-0.1, -0.05) is 18.2 Å². The van der Waals surface area contributed by atoms with Gasteiger partial charge in [-0.05, 0) is 22.1 Å². The summed E-state index contributed by atoms with van der Waals surface area (Å²) in [6, 6.07) is 6.47. The summed E-state index contributed by atoms with van der Waals surface area (Å²) in [6.07, 6.45) is 0. The first-order valence-electron chi connectivity index (χ1n) is 4.87. The van der Waals surface area contributed by atoms with Crippen LogP contribution in [0.4, 0.5) is 0 Å². The fourth-order valence-electron chi connectivity index (χ4n) is 1.48. The highest BCUT2D eigenvalue weighted by Gasteiger charge is 2.11. The predicted octanol–water partition coefficient (Wildman–Crippen LogP) is -0.277. The maximum Gasteiger partial charge on any atom is 0.363 e. The summed E-state index contributed by atoms with van der Waals surface area (Å²) in [7, 11) is 1.48. The molecular formula is C10H10N4O3. The highest BCUT2D eigenvalue weighted by atomic mass is 16.4. The van der Waals surface area contributed by atoms with Gasteiger partial charge in [0.25, 0.3) is 0 Å². The normalized spacial score (nSPS) is 10.4. The van der Waals surface area contributed by atoms with Crippen molar-refractivity contribution >= 4 is 5.97 Å². The van der Waals surface area contributed by atoms with E-state index in [1.54, 1.807) is 18.2 Å². The lowest BCUT2D eigenvalue weighted by Crippen LogP contribution is -2.24. The molecule has 0 aliphatic carbocycles. The van der Waals surface area contributed by atoms with Gasteiger partial charge in [-0.2, -0.15) is 9.36 Å². The summed E-state index contributed by atoms with van der Waals surface area (Å²) in [6.45, 7) is 0.0924. The Labute approximate surface area is 95.9 Å². The lowest BCUT2D eigenvalue weighted by Gasteiger charge is -2.03. The fourth-order valence-corrected chi connectivity index (χ4v) is 1.48. The van der Waals surface area contributed by atoms with Crippen molar-refractivity contribution in [3.63, 3.8) is 0 Å². The molecule has 1 N–H and O–H groups in total. The second-order valence-electron chi connectivity index (χ2n) is 3.51. The molecule has 0 spiro atoms.